The number of anilines is 1. The van der Waals surface area contributed by atoms with Gasteiger partial charge >= 0.3 is 0 Å². The van der Waals surface area contributed by atoms with E-state index in [9.17, 15) is 5.26 Å². The predicted molar refractivity (Wildman–Crippen MR) is 106 cm³/mol. The number of imidazole rings is 1. The standard InChI is InChI=1S/C19H15ClN8/c20-15-3-1-13(2-4-15)7-8-28-12-23-17-9-16(5-6-18(17)28)22-11-14(10-21)19-24-26-27-25-19/h1-6,9,11-12,22H,7-8H2,(H,24,25,26,27). The zero-order chi connectivity index (χ0) is 19.3. The van der Waals surface area contributed by atoms with Crippen LogP contribution in [0.2, 0.25) is 5.02 Å². The van der Waals surface area contributed by atoms with Crippen LogP contribution in [0.25, 0.3) is 16.6 Å². The van der Waals surface area contributed by atoms with E-state index in [0.717, 1.165) is 34.7 Å². The van der Waals surface area contributed by atoms with Crippen LogP contribution in [0.1, 0.15) is 11.4 Å². The largest absolute Gasteiger partial charge is 0.360 e. The predicted octanol–water partition coefficient (Wildman–Crippen LogP) is 3.42. The van der Waals surface area contributed by atoms with Crippen molar-refractivity contribution in [3.63, 3.8) is 0 Å². The summed E-state index contributed by atoms with van der Waals surface area (Å²) in [6.07, 6.45) is 4.27. The molecule has 138 valence electrons. The number of nitriles is 1. The summed E-state index contributed by atoms with van der Waals surface area (Å²) in [6, 6.07) is 15.8. The van der Waals surface area contributed by atoms with Crippen molar-refractivity contribution in [2.75, 3.05) is 5.32 Å². The van der Waals surface area contributed by atoms with Crippen molar-refractivity contribution < 1.29 is 0 Å². The summed E-state index contributed by atoms with van der Waals surface area (Å²) in [5.41, 5.74) is 4.23. The molecule has 4 rings (SSSR count). The van der Waals surface area contributed by atoms with Gasteiger partial charge < -0.3 is 9.88 Å². The van der Waals surface area contributed by atoms with Crippen LogP contribution >= 0.6 is 11.6 Å². The Morgan fingerprint density at radius 1 is 1.25 bits per heavy atom. The Kier molecular flexibility index (Phi) is 4.99. The quantitative estimate of drug-likeness (QED) is 0.488. The number of rotatable bonds is 6. The van der Waals surface area contributed by atoms with Gasteiger partial charge in [0, 0.05) is 23.5 Å². The molecule has 0 bridgehead atoms. The summed E-state index contributed by atoms with van der Waals surface area (Å²) in [5, 5.41) is 26.4. The molecule has 0 fully saturated rings. The maximum absolute atomic E-state index is 9.22. The number of aromatic amines is 1. The van der Waals surface area contributed by atoms with Crippen LogP contribution in [0.4, 0.5) is 5.69 Å². The summed E-state index contributed by atoms with van der Waals surface area (Å²) >= 11 is 5.93. The number of fused-ring (bicyclic) bond motifs is 1. The second-order valence-electron chi connectivity index (χ2n) is 6.07. The number of hydrogen-bond acceptors (Lipinski definition) is 6. The Morgan fingerprint density at radius 2 is 2.11 bits per heavy atom. The Bertz CT molecular complexity index is 1150. The van der Waals surface area contributed by atoms with Crippen molar-refractivity contribution >= 4 is 33.9 Å². The summed E-state index contributed by atoms with van der Waals surface area (Å²) in [7, 11) is 0. The van der Waals surface area contributed by atoms with Gasteiger partial charge in [-0.1, -0.05) is 23.7 Å². The van der Waals surface area contributed by atoms with E-state index in [1.54, 1.807) is 6.20 Å². The molecule has 8 nitrogen and oxygen atoms in total. The fourth-order valence-electron chi connectivity index (χ4n) is 2.81. The van der Waals surface area contributed by atoms with E-state index < -0.39 is 0 Å². The summed E-state index contributed by atoms with van der Waals surface area (Å²) in [4.78, 5) is 4.48. The number of benzene rings is 2. The number of nitrogens with zero attached hydrogens (tertiary/aromatic N) is 6. The number of aromatic nitrogens is 6. The molecule has 28 heavy (non-hydrogen) atoms. The summed E-state index contributed by atoms with van der Waals surface area (Å²) in [5.74, 6) is 0.238. The van der Waals surface area contributed by atoms with E-state index in [0.29, 0.717) is 0 Å². The van der Waals surface area contributed by atoms with E-state index in [-0.39, 0.29) is 11.4 Å². The number of nitrogens with one attached hydrogen (secondary N) is 2. The zero-order valence-electron chi connectivity index (χ0n) is 14.7. The molecule has 2 N–H and O–H groups in total. The summed E-state index contributed by atoms with van der Waals surface area (Å²) < 4.78 is 2.11. The minimum atomic E-state index is 0.238. The first-order valence-electron chi connectivity index (χ1n) is 8.53. The minimum Gasteiger partial charge on any atom is -0.360 e. The van der Waals surface area contributed by atoms with Gasteiger partial charge in [0.05, 0.1) is 17.4 Å². The molecule has 0 aliphatic carbocycles. The van der Waals surface area contributed by atoms with Crippen molar-refractivity contribution in [3.8, 4) is 6.07 Å². The second kappa shape index (κ2) is 7.90. The lowest BCUT2D eigenvalue weighted by atomic mass is 10.1. The highest BCUT2D eigenvalue weighted by Crippen LogP contribution is 2.20. The molecule has 0 saturated carbocycles. The van der Waals surface area contributed by atoms with Gasteiger partial charge in [-0.15, -0.1) is 10.2 Å². The minimum absolute atomic E-state index is 0.238. The highest BCUT2D eigenvalue weighted by molar-refractivity contribution is 6.30. The number of aryl methyl sites for hydroxylation is 2. The Balaban J connectivity index is 1.48. The van der Waals surface area contributed by atoms with Gasteiger partial charge in [-0.3, -0.25) is 0 Å². The molecule has 0 atom stereocenters. The highest BCUT2D eigenvalue weighted by atomic mass is 35.5. The SMILES string of the molecule is N#CC(=CNc1ccc2c(c1)ncn2CCc1ccc(Cl)cc1)c1nn[nH]n1. The molecule has 2 aromatic heterocycles. The van der Waals surface area contributed by atoms with Gasteiger partial charge in [0.25, 0.3) is 0 Å². The lowest BCUT2D eigenvalue weighted by Crippen LogP contribution is -2.00. The van der Waals surface area contributed by atoms with Crippen LogP contribution in [0.5, 0.6) is 0 Å². The van der Waals surface area contributed by atoms with Crippen LogP contribution in [-0.2, 0) is 13.0 Å². The van der Waals surface area contributed by atoms with E-state index in [2.05, 4.69) is 35.5 Å². The smallest absolute Gasteiger partial charge is 0.216 e. The Labute approximate surface area is 165 Å². The third kappa shape index (κ3) is 3.84. The molecule has 4 aromatic rings. The second-order valence-corrected chi connectivity index (χ2v) is 6.50. The molecular formula is C19H15ClN8. The monoisotopic (exact) mass is 390 g/mol. The Hall–Kier alpha value is -3.70. The number of H-pyrrole nitrogens is 1. The number of allylic oxidation sites excluding steroid dienone is 1. The third-order valence-electron chi connectivity index (χ3n) is 4.27. The lowest BCUT2D eigenvalue weighted by molar-refractivity contribution is 0.716. The zero-order valence-corrected chi connectivity index (χ0v) is 15.4. The van der Waals surface area contributed by atoms with Crippen molar-refractivity contribution in [1.29, 1.82) is 5.26 Å². The van der Waals surface area contributed by atoms with Crippen LogP contribution in [-0.4, -0.2) is 30.2 Å². The number of halogens is 1. The molecular weight excluding hydrogens is 376 g/mol. The third-order valence-corrected chi connectivity index (χ3v) is 4.52. The average Bonchev–Trinajstić information content (AvgIpc) is 3.38. The molecule has 2 aromatic carbocycles. The van der Waals surface area contributed by atoms with Crippen LogP contribution in [0.15, 0.2) is 55.0 Å². The topological polar surface area (TPSA) is 108 Å². The van der Waals surface area contributed by atoms with Crippen LogP contribution < -0.4 is 5.32 Å². The summed E-state index contributed by atoms with van der Waals surface area (Å²) in [6.45, 7) is 0.821. The molecule has 2 heterocycles. The fraction of sp³-hybridized carbons (Fsp3) is 0.105. The first-order valence-corrected chi connectivity index (χ1v) is 8.91. The molecule has 0 amide bonds. The maximum atomic E-state index is 9.22. The van der Waals surface area contributed by atoms with Gasteiger partial charge in [-0.05, 0) is 47.5 Å². The molecule has 0 saturated heterocycles. The lowest BCUT2D eigenvalue weighted by Gasteiger charge is -2.06. The molecule has 0 radical (unpaired) electrons. The number of hydrogen-bond donors (Lipinski definition) is 2. The van der Waals surface area contributed by atoms with Gasteiger partial charge in [-0.25, -0.2) is 4.98 Å². The number of tetrazole rings is 1. The molecule has 0 aliphatic rings. The van der Waals surface area contributed by atoms with E-state index in [1.165, 1.54) is 5.56 Å². The maximum Gasteiger partial charge on any atom is 0.216 e. The molecule has 0 spiro atoms. The van der Waals surface area contributed by atoms with Crippen LogP contribution in [0.3, 0.4) is 0 Å². The van der Waals surface area contributed by atoms with Gasteiger partial charge in [0.2, 0.25) is 5.82 Å². The molecule has 9 heteroatoms. The van der Waals surface area contributed by atoms with Crippen molar-refractivity contribution in [1.82, 2.24) is 30.2 Å². The average molecular weight is 391 g/mol. The molecule has 0 unspecified atom stereocenters. The fourth-order valence-corrected chi connectivity index (χ4v) is 2.94. The van der Waals surface area contributed by atoms with E-state index in [1.807, 2.05) is 54.9 Å². The highest BCUT2D eigenvalue weighted by Gasteiger charge is 2.07. The van der Waals surface area contributed by atoms with Crippen molar-refractivity contribution in [2.45, 2.75) is 13.0 Å². The van der Waals surface area contributed by atoms with Gasteiger partial charge in [0.1, 0.15) is 11.6 Å². The normalized spacial score (nSPS) is 11.5. The van der Waals surface area contributed by atoms with E-state index in [4.69, 9.17) is 11.6 Å². The van der Waals surface area contributed by atoms with Gasteiger partial charge in [-0.2, -0.15) is 10.5 Å². The first kappa shape index (κ1) is 17.7. The van der Waals surface area contributed by atoms with Crippen molar-refractivity contribution in [2.24, 2.45) is 0 Å². The van der Waals surface area contributed by atoms with Gasteiger partial charge in [0.15, 0.2) is 0 Å². The molecule has 0 aliphatic heterocycles. The van der Waals surface area contributed by atoms with Crippen LogP contribution in [0, 0.1) is 11.3 Å². The van der Waals surface area contributed by atoms with Crippen molar-refractivity contribution in [3.05, 3.63) is 71.4 Å². The first-order chi connectivity index (χ1) is 13.7. The Morgan fingerprint density at radius 3 is 2.86 bits per heavy atom. The van der Waals surface area contributed by atoms with E-state index >= 15 is 0 Å².